The number of rotatable bonds is 6. The summed E-state index contributed by atoms with van der Waals surface area (Å²) >= 11 is 5.87. The van der Waals surface area contributed by atoms with Crippen LogP contribution in [-0.2, 0) is 11.2 Å². The van der Waals surface area contributed by atoms with E-state index in [0.29, 0.717) is 36.1 Å². The van der Waals surface area contributed by atoms with E-state index < -0.39 is 0 Å². The number of hydrogen-bond acceptors (Lipinski definition) is 5. The smallest absolute Gasteiger partial charge is 0.227 e. The molecular weight excluding hydrogens is 340 g/mol. The van der Waals surface area contributed by atoms with Crippen molar-refractivity contribution in [1.82, 2.24) is 20.8 Å². The summed E-state index contributed by atoms with van der Waals surface area (Å²) in [6.07, 6.45) is 2.95. The highest BCUT2D eigenvalue weighted by Crippen LogP contribution is 2.26. The fourth-order valence-corrected chi connectivity index (χ4v) is 3.03. The van der Waals surface area contributed by atoms with Crippen molar-refractivity contribution in [2.45, 2.75) is 32.6 Å². The van der Waals surface area contributed by atoms with Crippen LogP contribution in [-0.4, -0.2) is 35.7 Å². The lowest BCUT2D eigenvalue weighted by Crippen LogP contribution is -2.42. The number of nitrogens with one attached hydrogen (secondary N) is 2. The van der Waals surface area contributed by atoms with Crippen LogP contribution in [0.25, 0.3) is 11.4 Å². The van der Waals surface area contributed by atoms with Gasteiger partial charge in [0.15, 0.2) is 0 Å². The highest BCUT2D eigenvalue weighted by molar-refractivity contribution is 6.30. The Morgan fingerprint density at radius 3 is 2.76 bits per heavy atom. The molecule has 25 heavy (non-hydrogen) atoms. The Morgan fingerprint density at radius 2 is 2.04 bits per heavy atom. The molecule has 2 N–H and O–H groups in total. The minimum Gasteiger partial charge on any atom is -0.356 e. The largest absolute Gasteiger partial charge is 0.356 e. The van der Waals surface area contributed by atoms with E-state index in [1.165, 1.54) is 0 Å². The zero-order valence-corrected chi connectivity index (χ0v) is 15.1. The number of carbonyl (C=O) groups is 1. The lowest BCUT2D eigenvalue weighted by atomic mass is 9.81. The number of piperidine rings is 1. The number of nitrogens with zero attached hydrogens (tertiary/aromatic N) is 2. The van der Waals surface area contributed by atoms with Crippen LogP contribution < -0.4 is 10.6 Å². The van der Waals surface area contributed by atoms with Crippen molar-refractivity contribution in [3.63, 3.8) is 0 Å². The predicted octanol–water partition coefficient (Wildman–Crippen LogP) is 2.83. The van der Waals surface area contributed by atoms with Gasteiger partial charge in [-0.1, -0.05) is 23.7 Å². The molecule has 1 fully saturated rings. The number of carbonyl (C=O) groups excluding carboxylic acids is 1. The van der Waals surface area contributed by atoms with E-state index in [-0.39, 0.29) is 11.3 Å². The summed E-state index contributed by atoms with van der Waals surface area (Å²) in [7, 11) is 0. The molecule has 2 heterocycles. The first kappa shape index (κ1) is 17.9. The van der Waals surface area contributed by atoms with Crippen LogP contribution in [0.2, 0.25) is 5.02 Å². The summed E-state index contributed by atoms with van der Waals surface area (Å²) in [5.41, 5.74) is 1.02. The zero-order chi connectivity index (χ0) is 17.7. The molecule has 6 nitrogen and oxygen atoms in total. The molecule has 1 aromatic carbocycles. The van der Waals surface area contributed by atoms with Gasteiger partial charge in [0.2, 0.25) is 17.6 Å². The highest BCUT2D eigenvalue weighted by Gasteiger charge is 2.26. The molecule has 0 spiro atoms. The molecule has 0 atom stereocenters. The molecule has 0 saturated carbocycles. The third kappa shape index (κ3) is 5.03. The average molecular weight is 363 g/mol. The van der Waals surface area contributed by atoms with Crippen LogP contribution in [0.15, 0.2) is 28.8 Å². The van der Waals surface area contributed by atoms with Gasteiger partial charge in [0.25, 0.3) is 0 Å². The number of aryl methyl sites for hydroxylation is 1. The first-order valence-corrected chi connectivity index (χ1v) is 8.98. The zero-order valence-electron chi connectivity index (χ0n) is 14.3. The molecule has 1 aliphatic rings. The molecular formula is C18H23ClN4O2. The van der Waals surface area contributed by atoms with Crippen molar-refractivity contribution in [1.29, 1.82) is 0 Å². The van der Waals surface area contributed by atoms with E-state index in [1.807, 2.05) is 12.1 Å². The van der Waals surface area contributed by atoms with Gasteiger partial charge in [-0.25, -0.2) is 0 Å². The molecule has 1 saturated heterocycles. The van der Waals surface area contributed by atoms with E-state index in [1.54, 1.807) is 12.1 Å². The summed E-state index contributed by atoms with van der Waals surface area (Å²) in [6.45, 7) is 4.97. The summed E-state index contributed by atoms with van der Waals surface area (Å²) in [6, 6.07) is 7.23. The molecule has 1 amide bonds. The lowest BCUT2D eigenvalue weighted by Gasteiger charge is -2.34. The van der Waals surface area contributed by atoms with E-state index in [0.717, 1.165) is 31.5 Å². The number of halogens is 1. The molecule has 1 aromatic heterocycles. The van der Waals surface area contributed by atoms with Crippen LogP contribution in [0.5, 0.6) is 0 Å². The fraction of sp³-hybridized carbons (Fsp3) is 0.500. The maximum Gasteiger partial charge on any atom is 0.227 e. The second-order valence-electron chi connectivity index (χ2n) is 6.86. The Balaban J connectivity index is 1.47. The molecule has 7 heteroatoms. The Kier molecular flexibility index (Phi) is 5.71. The first-order valence-electron chi connectivity index (χ1n) is 8.60. The predicted molar refractivity (Wildman–Crippen MR) is 96.3 cm³/mol. The van der Waals surface area contributed by atoms with E-state index in [4.69, 9.17) is 16.1 Å². The van der Waals surface area contributed by atoms with Gasteiger partial charge in [0.05, 0.1) is 0 Å². The van der Waals surface area contributed by atoms with Crippen LogP contribution in [0.3, 0.4) is 0 Å². The summed E-state index contributed by atoms with van der Waals surface area (Å²) in [4.78, 5) is 16.4. The fourth-order valence-electron chi connectivity index (χ4n) is 2.90. The van der Waals surface area contributed by atoms with Gasteiger partial charge in [-0.2, -0.15) is 4.98 Å². The maximum atomic E-state index is 12.1. The third-order valence-corrected chi connectivity index (χ3v) is 4.91. The van der Waals surface area contributed by atoms with Crippen molar-refractivity contribution >= 4 is 17.5 Å². The number of benzene rings is 1. The van der Waals surface area contributed by atoms with Crippen LogP contribution in [0, 0.1) is 5.41 Å². The van der Waals surface area contributed by atoms with Gasteiger partial charge in [0.1, 0.15) is 0 Å². The van der Waals surface area contributed by atoms with E-state index >= 15 is 0 Å². The molecule has 1 aliphatic heterocycles. The van der Waals surface area contributed by atoms with E-state index in [2.05, 4.69) is 27.7 Å². The standard InChI is InChI=1S/C18H23ClN4O2/c1-18(8-10-20-11-9-18)12-21-15(24)6-7-16-22-17(23-25-16)13-2-4-14(19)5-3-13/h2-5,20H,6-12H2,1H3,(H,21,24). The highest BCUT2D eigenvalue weighted by atomic mass is 35.5. The van der Waals surface area contributed by atoms with E-state index in [9.17, 15) is 4.79 Å². The lowest BCUT2D eigenvalue weighted by molar-refractivity contribution is -0.121. The average Bonchev–Trinajstić information content (AvgIpc) is 3.08. The van der Waals surface area contributed by atoms with Crippen molar-refractivity contribution in [3.8, 4) is 11.4 Å². The Bertz CT molecular complexity index is 708. The monoisotopic (exact) mass is 362 g/mol. The minimum absolute atomic E-state index is 0.0194. The Labute approximate surface area is 152 Å². The van der Waals surface area contributed by atoms with Gasteiger partial charge in [-0.3, -0.25) is 4.79 Å². The van der Waals surface area contributed by atoms with Crippen molar-refractivity contribution in [3.05, 3.63) is 35.2 Å². The van der Waals surface area contributed by atoms with Gasteiger partial charge < -0.3 is 15.2 Å². The molecule has 134 valence electrons. The third-order valence-electron chi connectivity index (χ3n) is 4.66. The van der Waals surface area contributed by atoms with Crippen LogP contribution in [0.1, 0.15) is 32.1 Å². The molecule has 2 aromatic rings. The quantitative estimate of drug-likeness (QED) is 0.826. The molecule has 0 aliphatic carbocycles. The van der Waals surface area contributed by atoms with Gasteiger partial charge in [-0.05, 0) is 55.6 Å². The number of amides is 1. The van der Waals surface area contributed by atoms with Crippen LogP contribution in [0.4, 0.5) is 0 Å². The summed E-state index contributed by atoms with van der Waals surface area (Å²) < 4.78 is 5.23. The summed E-state index contributed by atoms with van der Waals surface area (Å²) in [5, 5.41) is 11.0. The molecule has 3 rings (SSSR count). The minimum atomic E-state index is 0.0194. The van der Waals surface area contributed by atoms with Gasteiger partial charge in [-0.15, -0.1) is 0 Å². The molecule has 0 radical (unpaired) electrons. The van der Waals surface area contributed by atoms with Gasteiger partial charge >= 0.3 is 0 Å². The maximum absolute atomic E-state index is 12.1. The number of hydrogen-bond donors (Lipinski definition) is 2. The SMILES string of the molecule is CC1(CNC(=O)CCc2nc(-c3ccc(Cl)cc3)no2)CCNCC1. The molecule has 0 unspecified atom stereocenters. The first-order chi connectivity index (χ1) is 12.0. The second kappa shape index (κ2) is 7.97. The van der Waals surface area contributed by atoms with Gasteiger partial charge in [0, 0.05) is 30.0 Å². The topological polar surface area (TPSA) is 80.1 Å². The Hall–Kier alpha value is -1.92. The second-order valence-corrected chi connectivity index (χ2v) is 7.29. The molecule has 0 bridgehead atoms. The van der Waals surface area contributed by atoms with Crippen molar-refractivity contribution in [2.75, 3.05) is 19.6 Å². The van der Waals surface area contributed by atoms with Crippen LogP contribution >= 0.6 is 11.6 Å². The summed E-state index contributed by atoms with van der Waals surface area (Å²) in [5.74, 6) is 0.994. The Morgan fingerprint density at radius 1 is 1.32 bits per heavy atom. The van der Waals surface area contributed by atoms with Crippen molar-refractivity contribution < 1.29 is 9.32 Å². The number of aromatic nitrogens is 2. The van der Waals surface area contributed by atoms with Crippen molar-refractivity contribution in [2.24, 2.45) is 5.41 Å². The normalized spacial score (nSPS) is 16.6.